The van der Waals surface area contributed by atoms with Crippen molar-refractivity contribution in [3.63, 3.8) is 0 Å². The van der Waals surface area contributed by atoms with Gasteiger partial charge in [-0.2, -0.15) is 0 Å². The summed E-state index contributed by atoms with van der Waals surface area (Å²) >= 11 is 6.67. The molecule has 250 valence electrons. The van der Waals surface area contributed by atoms with Crippen LogP contribution >= 0.6 is 31.9 Å². The van der Waals surface area contributed by atoms with E-state index in [4.69, 9.17) is 11.5 Å². The van der Waals surface area contributed by atoms with Gasteiger partial charge in [0.25, 0.3) is 11.8 Å². The molecule has 0 atom stereocenters. The first-order valence-corrected chi connectivity index (χ1v) is 15.8. The Bertz CT molecular complexity index is 2110. The van der Waals surface area contributed by atoms with Crippen LogP contribution in [0.5, 0.6) is 5.75 Å². The average Bonchev–Trinajstić information content (AvgIpc) is 3.47. The number of aromatic amines is 1. The molecular weight excluding hydrogens is 771 g/mol. The molecule has 6 aromatic rings. The van der Waals surface area contributed by atoms with Crippen molar-refractivity contribution >= 4 is 89.1 Å². The number of fused-ring (bicyclic) bond motifs is 1. The predicted octanol–water partition coefficient (Wildman–Crippen LogP) is 9.09. The van der Waals surface area contributed by atoms with Gasteiger partial charge in [-0.05, 0) is 97.1 Å². The van der Waals surface area contributed by atoms with Crippen molar-refractivity contribution in [2.75, 3.05) is 27.4 Å². The van der Waals surface area contributed by atoms with E-state index in [1.165, 1.54) is 18.2 Å². The summed E-state index contributed by atoms with van der Waals surface area (Å²) in [7, 11) is 0. The van der Waals surface area contributed by atoms with Gasteiger partial charge in [-0.1, -0.05) is 44.0 Å². The lowest BCUT2D eigenvalue weighted by molar-refractivity contribution is -0.274. The zero-order valence-corrected chi connectivity index (χ0v) is 28.3. The normalized spacial score (nSPS) is 10.9. The third kappa shape index (κ3) is 9.74. The average molecular weight is 797 g/mol. The number of imidazole rings is 1. The number of H-pyrrole nitrogens is 1. The maximum absolute atomic E-state index is 12.6. The molecule has 10 nitrogen and oxygen atoms in total. The molecule has 1 heterocycles. The Morgan fingerprint density at radius 3 is 1.84 bits per heavy atom. The van der Waals surface area contributed by atoms with Gasteiger partial charge in [-0.25, -0.2) is 4.98 Å². The number of alkyl halides is 3. The number of halogens is 5. The smallest absolute Gasteiger partial charge is 0.404 e. The molecule has 8 N–H and O–H groups in total. The Hall–Kier alpha value is -5.54. The molecular formula is C34H26Br2F3N7O3. The third-order valence-corrected chi connectivity index (χ3v) is 7.72. The standard InChI is InChI=1S/C21H14BrF3N4O2.C13H12BrN3O/c22-13-6-8-14(9-7-13)26-19(30)12-5-10-15-17(11-12)29-20(27-15)28-16-3-1-2-4-18(16)31-21(23,24)25;14-9-2-4-10(5-3-9)17-13(18)8-1-6-11(15)12(16)7-8/h1-11H,(H,26,30)(H2,27,28,29);1-7H,15-16H2,(H,17,18). The van der Waals surface area contributed by atoms with E-state index in [1.54, 1.807) is 54.6 Å². The van der Waals surface area contributed by atoms with Crippen LogP contribution in [0.1, 0.15) is 20.7 Å². The van der Waals surface area contributed by atoms with E-state index in [2.05, 4.69) is 62.5 Å². The summed E-state index contributed by atoms with van der Waals surface area (Å²) in [5.74, 6) is -0.704. The van der Waals surface area contributed by atoms with Gasteiger partial charge in [0.2, 0.25) is 5.95 Å². The molecule has 0 bridgehead atoms. The zero-order valence-electron chi connectivity index (χ0n) is 25.1. The van der Waals surface area contributed by atoms with Gasteiger partial charge in [0.05, 0.1) is 28.1 Å². The van der Waals surface area contributed by atoms with Gasteiger partial charge in [0, 0.05) is 31.4 Å². The van der Waals surface area contributed by atoms with Gasteiger partial charge in [0.1, 0.15) is 0 Å². The molecule has 0 aliphatic rings. The summed E-state index contributed by atoms with van der Waals surface area (Å²) in [6, 6.07) is 29.8. The quantitative estimate of drug-likeness (QED) is 0.0879. The number of carbonyl (C=O) groups is 2. The zero-order chi connectivity index (χ0) is 35.1. The molecule has 0 aliphatic heterocycles. The number of hydrogen-bond acceptors (Lipinski definition) is 7. The Balaban J connectivity index is 0.000000221. The second-order valence-corrected chi connectivity index (χ2v) is 12.1. The van der Waals surface area contributed by atoms with Crippen LogP contribution in [-0.4, -0.2) is 28.1 Å². The highest BCUT2D eigenvalue weighted by Crippen LogP contribution is 2.32. The van der Waals surface area contributed by atoms with E-state index in [-0.39, 0.29) is 29.2 Å². The molecule has 15 heteroatoms. The summed E-state index contributed by atoms with van der Waals surface area (Å²) in [5, 5.41) is 8.35. The second kappa shape index (κ2) is 15.1. The number of aromatic nitrogens is 2. The lowest BCUT2D eigenvalue weighted by Crippen LogP contribution is -2.17. The van der Waals surface area contributed by atoms with E-state index < -0.39 is 6.36 Å². The Morgan fingerprint density at radius 2 is 1.27 bits per heavy atom. The molecule has 0 saturated heterocycles. The number of amides is 2. The van der Waals surface area contributed by atoms with Gasteiger partial charge in [0.15, 0.2) is 5.75 Å². The first-order valence-electron chi connectivity index (χ1n) is 14.2. The molecule has 0 saturated carbocycles. The highest BCUT2D eigenvalue weighted by molar-refractivity contribution is 9.10. The number of benzene rings is 5. The summed E-state index contributed by atoms with van der Waals surface area (Å²) < 4.78 is 43.7. The molecule has 0 fully saturated rings. The van der Waals surface area contributed by atoms with Gasteiger partial charge < -0.3 is 37.1 Å². The van der Waals surface area contributed by atoms with Crippen molar-refractivity contribution in [1.82, 2.24) is 9.97 Å². The fourth-order valence-electron chi connectivity index (χ4n) is 4.31. The number of nitrogens with two attached hydrogens (primary N) is 2. The molecule has 1 aromatic heterocycles. The van der Waals surface area contributed by atoms with Gasteiger partial charge in [-0.3, -0.25) is 9.59 Å². The van der Waals surface area contributed by atoms with Crippen LogP contribution in [0.4, 0.5) is 47.6 Å². The summed E-state index contributed by atoms with van der Waals surface area (Å²) in [4.78, 5) is 31.7. The molecule has 49 heavy (non-hydrogen) atoms. The van der Waals surface area contributed by atoms with Crippen LogP contribution in [0.2, 0.25) is 0 Å². The fourth-order valence-corrected chi connectivity index (χ4v) is 4.84. The van der Waals surface area contributed by atoms with Gasteiger partial charge in [-0.15, -0.1) is 13.2 Å². The van der Waals surface area contributed by atoms with Crippen LogP contribution in [-0.2, 0) is 0 Å². The van der Waals surface area contributed by atoms with Crippen molar-refractivity contribution in [1.29, 1.82) is 0 Å². The monoisotopic (exact) mass is 795 g/mol. The van der Waals surface area contributed by atoms with Gasteiger partial charge >= 0.3 is 6.36 Å². The van der Waals surface area contributed by atoms with E-state index in [0.29, 0.717) is 39.2 Å². The molecule has 2 amide bonds. The van der Waals surface area contributed by atoms with Crippen molar-refractivity contribution in [2.24, 2.45) is 0 Å². The van der Waals surface area contributed by atoms with Crippen molar-refractivity contribution in [3.05, 3.63) is 129 Å². The topological polar surface area (TPSA) is 160 Å². The second-order valence-electron chi connectivity index (χ2n) is 10.3. The Morgan fingerprint density at radius 1 is 0.714 bits per heavy atom. The number of carbonyl (C=O) groups excluding carboxylic acids is 2. The number of para-hydroxylation sites is 2. The highest BCUT2D eigenvalue weighted by atomic mass is 79.9. The number of rotatable bonds is 7. The number of ether oxygens (including phenoxy) is 1. The molecule has 5 aromatic carbocycles. The number of nitrogen functional groups attached to an aromatic ring is 2. The van der Waals surface area contributed by atoms with E-state index in [9.17, 15) is 22.8 Å². The molecule has 0 radical (unpaired) electrons. The maximum atomic E-state index is 12.6. The van der Waals surface area contributed by atoms with E-state index in [1.807, 2.05) is 36.4 Å². The SMILES string of the molecule is Nc1ccc(C(=O)Nc2ccc(Br)cc2)cc1N.O=C(Nc1ccc(Br)cc1)c1ccc2nc(Nc3ccccc3OC(F)(F)F)[nH]c2c1. The van der Waals surface area contributed by atoms with Crippen LogP contribution in [0, 0.1) is 0 Å². The predicted molar refractivity (Wildman–Crippen MR) is 192 cm³/mol. The lowest BCUT2D eigenvalue weighted by Gasteiger charge is -2.13. The highest BCUT2D eigenvalue weighted by Gasteiger charge is 2.32. The molecule has 0 aliphatic carbocycles. The van der Waals surface area contributed by atoms with Crippen LogP contribution < -0.4 is 32.2 Å². The third-order valence-electron chi connectivity index (χ3n) is 6.66. The van der Waals surface area contributed by atoms with Crippen LogP contribution in [0.15, 0.2) is 118 Å². The molecule has 0 unspecified atom stereocenters. The first kappa shape index (κ1) is 34.8. The van der Waals surface area contributed by atoms with Crippen LogP contribution in [0.3, 0.4) is 0 Å². The number of hydrogen-bond donors (Lipinski definition) is 6. The van der Waals surface area contributed by atoms with E-state index >= 15 is 0 Å². The number of nitrogens with zero attached hydrogens (tertiary/aromatic N) is 1. The minimum absolute atomic E-state index is 0.0899. The molecule has 6 rings (SSSR count). The summed E-state index contributed by atoms with van der Waals surface area (Å²) in [5.41, 5.74) is 15.5. The van der Waals surface area contributed by atoms with Crippen molar-refractivity contribution in [3.8, 4) is 5.75 Å². The molecule has 0 spiro atoms. The largest absolute Gasteiger partial charge is 0.573 e. The minimum atomic E-state index is -4.82. The maximum Gasteiger partial charge on any atom is 0.573 e. The number of nitrogens with one attached hydrogen (secondary N) is 4. The van der Waals surface area contributed by atoms with E-state index in [0.717, 1.165) is 14.6 Å². The Kier molecular flexibility index (Phi) is 10.7. The first-order chi connectivity index (χ1) is 23.3. The summed E-state index contributed by atoms with van der Waals surface area (Å²) in [6.07, 6.45) is -4.82. The fraction of sp³-hybridized carbons (Fsp3) is 0.0294. The number of anilines is 6. The Labute approximate surface area is 294 Å². The van der Waals surface area contributed by atoms with Crippen molar-refractivity contribution < 1.29 is 27.5 Å². The lowest BCUT2D eigenvalue weighted by atomic mass is 10.1. The summed E-state index contributed by atoms with van der Waals surface area (Å²) in [6.45, 7) is 0. The minimum Gasteiger partial charge on any atom is -0.404 e. The van der Waals surface area contributed by atoms with Crippen LogP contribution in [0.25, 0.3) is 11.0 Å². The van der Waals surface area contributed by atoms with Crippen molar-refractivity contribution in [2.45, 2.75) is 6.36 Å².